The summed E-state index contributed by atoms with van der Waals surface area (Å²) >= 11 is 1.24. The number of hydrazine groups is 1. The molecule has 2 heterocycles. The van der Waals surface area contributed by atoms with Crippen molar-refractivity contribution in [3.63, 3.8) is 0 Å². The number of aromatic nitrogens is 1. The van der Waals surface area contributed by atoms with Crippen molar-refractivity contribution in [2.24, 2.45) is 17.3 Å². The number of aryl methyl sites for hydroxylation is 2. The topological polar surface area (TPSA) is 97.1 Å². The first-order valence-electron chi connectivity index (χ1n) is 8.95. The van der Waals surface area contributed by atoms with Crippen molar-refractivity contribution in [1.29, 1.82) is 0 Å². The zero-order chi connectivity index (χ0) is 20.1. The summed E-state index contributed by atoms with van der Waals surface area (Å²) in [6.45, 7) is 12.0. The van der Waals surface area contributed by atoms with Gasteiger partial charge in [-0.3, -0.25) is 20.4 Å². The minimum Gasteiger partial charge on any atom is -0.397 e. The lowest BCUT2D eigenvalue weighted by molar-refractivity contribution is -0.123. The Balaban J connectivity index is 1.73. The molecule has 0 spiro atoms. The predicted octanol–water partition coefficient (Wildman–Crippen LogP) is 3.49. The molecule has 0 radical (unpaired) electrons. The van der Waals surface area contributed by atoms with Crippen LogP contribution in [0.5, 0.6) is 0 Å². The Kier molecular flexibility index (Phi) is 4.76. The third kappa shape index (κ3) is 3.43. The van der Waals surface area contributed by atoms with E-state index in [1.807, 2.05) is 33.8 Å². The number of hydrogen-bond acceptors (Lipinski definition) is 5. The maximum atomic E-state index is 12.6. The second kappa shape index (κ2) is 6.64. The number of carbonyl (C=O) groups is 2. The molecular formula is C20H26N4O2S. The predicted molar refractivity (Wildman–Crippen MR) is 109 cm³/mol. The number of nitrogen functional groups attached to an aromatic ring is 1. The molecule has 0 aromatic carbocycles. The van der Waals surface area contributed by atoms with Gasteiger partial charge in [0.05, 0.1) is 11.6 Å². The van der Waals surface area contributed by atoms with E-state index in [1.165, 1.54) is 16.9 Å². The third-order valence-electron chi connectivity index (χ3n) is 5.24. The fourth-order valence-corrected chi connectivity index (χ4v) is 4.85. The van der Waals surface area contributed by atoms with Gasteiger partial charge >= 0.3 is 0 Å². The van der Waals surface area contributed by atoms with Crippen molar-refractivity contribution < 1.29 is 9.59 Å². The largest absolute Gasteiger partial charge is 0.397 e. The number of pyridine rings is 1. The summed E-state index contributed by atoms with van der Waals surface area (Å²) in [7, 11) is 0. The quantitative estimate of drug-likeness (QED) is 0.555. The Morgan fingerprint density at radius 1 is 1.26 bits per heavy atom. The SMILES string of the molecule is CC(C)=CC1C(C(=O)NNC(=O)c2sc3nc(C)cc(C)c3c2N)C1(C)C. The van der Waals surface area contributed by atoms with E-state index in [9.17, 15) is 9.59 Å². The van der Waals surface area contributed by atoms with Crippen LogP contribution in [-0.2, 0) is 4.79 Å². The van der Waals surface area contributed by atoms with Crippen molar-refractivity contribution in [2.75, 3.05) is 5.73 Å². The number of nitrogens with zero attached hydrogens (tertiary/aromatic N) is 1. The fourth-order valence-electron chi connectivity index (χ4n) is 3.74. The van der Waals surface area contributed by atoms with Crippen LogP contribution in [0.4, 0.5) is 5.69 Å². The van der Waals surface area contributed by atoms with Crippen LogP contribution in [0.3, 0.4) is 0 Å². The summed E-state index contributed by atoms with van der Waals surface area (Å²) in [5.41, 5.74) is 14.6. The van der Waals surface area contributed by atoms with Gasteiger partial charge < -0.3 is 5.73 Å². The normalized spacial score (nSPS) is 20.2. The molecular weight excluding hydrogens is 360 g/mol. The van der Waals surface area contributed by atoms with Gasteiger partial charge in [0.1, 0.15) is 9.71 Å². The van der Waals surface area contributed by atoms with Gasteiger partial charge in [0.15, 0.2) is 0 Å². The number of allylic oxidation sites excluding steroid dienone is 2. The molecule has 0 bridgehead atoms. The third-order valence-corrected chi connectivity index (χ3v) is 6.33. The van der Waals surface area contributed by atoms with Gasteiger partial charge in [-0.15, -0.1) is 11.3 Å². The van der Waals surface area contributed by atoms with Crippen molar-refractivity contribution in [3.8, 4) is 0 Å². The van der Waals surface area contributed by atoms with Crippen LogP contribution in [0.15, 0.2) is 17.7 Å². The van der Waals surface area contributed by atoms with Crippen molar-refractivity contribution >= 4 is 39.1 Å². The minimum atomic E-state index is -0.418. The first kappa shape index (κ1) is 19.4. The molecule has 3 rings (SSSR count). The number of anilines is 1. The van der Waals surface area contributed by atoms with Gasteiger partial charge in [-0.05, 0) is 50.7 Å². The molecule has 1 aliphatic carbocycles. The molecule has 2 aromatic heterocycles. The molecule has 144 valence electrons. The van der Waals surface area contributed by atoms with E-state index in [-0.39, 0.29) is 23.2 Å². The van der Waals surface area contributed by atoms with Gasteiger partial charge in [-0.2, -0.15) is 0 Å². The molecule has 2 amide bonds. The Hall–Kier alpha value is -2.41. The Morgan fingerprint density at radius 2 is 1.93 bits per heavy atom. The van der Waals surface area contributed by atoms with Crippen LogP contribution >= 0.6 is 11.3 Å². The van der Waals surface area contributed by atoms with Gasteiger partial charge in [0.2, 0.25) is 5.91 Å². The monoisotopic (exact) mass is 386 g/mol. The lowest BCUT2D eigenvalue weighted by atomic mass is 10.1. The molecule has 2 unspecified atom stereocenters. The maximum absolute atomic E-state index is 12.6. The number of nitrogens with one attached hydrogen (secondary N) is 2. The van der Waals surface area contributed by atoms with E-state index < -0.39 is 5.91 Å². The van der Waals surface area contributed by atoms with E-state index >= 15 is 0 Å². The number of rotatable bonds is 3. The average Bonchev–Trinajstić information content (AvgIpc) is 2.91. The van der Waals surface area contributed by atoms with Crippen LogP contribution in [0.1, 0.15) is 48.6 Å². The summed E-state index contributed by atoms with van der Waals surface area (Å²) in [5.74, 6) is -0.568. The summed E-state index contributed by atoms with van der Waals surface area (Å²) in [6.07, 6.45) is 2.12. The van der Waals surface area contributed by atoms with E-state index in [4.69, 9.17) is 5.73 Å². The highest BCUT2D eigenvalue weighted by molar-refractivity contribution is 7.21. The maximum Gasteiger partial charge on any atom is 0.281 e. The molecule has 1 saturated carbocycles. The molecule has 2 atom stereocenters. The van der Waals surface area contributed by atoms with Crippen molar-refractivity contribution in [3.05, 3.63) is 33.9 Å². The summed E-state index contributed by atoms with van der Waals surface area (Å²) < 4.78 is 0. The zero-order valence-corrected chi connectivity index (χ0v) is 17.4. The Bertz CT molecular complexity index is 970. The molecule has 4 N–H and O–H groups in total. The second-order valence-corrected chi connectivity index (χ2v) is 9.12. The van der Waals surface area contributed by atoms with Crippen LogP contribution < -0.4 is 16.6 Å². The highest BCUT2D eigenvalue weighted by atomic mass is 32.1. The fraction of sp³-hybridized carbons (Fsp3) is 0.450. The van der Waals surface area contributed by atoms with Crippen LogP contribution in [0, 0.1) is 31.1 Å². The van der Waals surface area contributed by atoms with Gasteiger partial charge in [0, 0.05) is 11.1 Å². The first-order chi connectivity index (χ1) is 12.5. The van der Waals surface area contributed by atoms with Crippen LogP contribution in [-0.4, -0.2) is 16.8 Å². The minimum absolute atomic E-state index is 0.110. The Morgan fingerprint density at radius 3 is 2.56 bits per heavy atom. The summed E-state index contributed by atoms with van der Waals surface area (Å²) in [6, 6.07) is 1.94. The number of amides is 2. The molecule has 6 nitrogen and oxygen atoms in total. The molecule has 7 heteroatoms. The lowest BCUT2D eigenvalue weighted by Gasteiger charge is -2.07. The summed E-state index contributed by atoms with van der Waals surface area (Å²) in [4.78, 5) is 30.6. The molecule has 2 aromatic rings. The number of thiophene rings is 1. The van der Waals surface area contributed by atoms with E-state index in [1.54, 1.807) is 0 Å². The number of fused-ring (bicyclic) bond motifs is 1. The lowest BCUT2D eigenvalue weighted by Crippen LogP contribution is -2.43. The van der Waals surface area contributed by atoms with E-state index in [0.29, 0.717) is 10.6 Å². The Labute approximate surface area is 163 Å². The number of hydrogen-bond donors (Lipinski definition) is 3. The van der Waals surface area contributed by atoms with E-state index in [2.05, 4.69) is 35.8 Å². The highest BCUT2D eigenvalue weighted by Crippen LogP contribution is 2.59. The molecule has 1 fully saturated rings. The van der Waals surface area contributed by atoms with Gasteiger partial charge in [-0.1, -0.05) is 25.5 Å². The average molecular weight is 387 g/mol. The van der Waals surface area contributed by atoms with Gasteiger partial charge in [0.25, 0.3) is 5.91 Å². The van der Waals surface area contributed by atoms with E-state index in [0.717, 1.165) is 21.5 Å². The summed E-state index contributed by atoms with van der Waals surface area (Å²) in [5, 5.41) is 0.800. The first-order valence-corrected chi connectivity index (χ1v) is 9.77. The molecule has 27 heavy (non-hydrogen) atoms. The highest BCUT2D eigenvalue weighted by Gasteiger charge is 2.60. The van der Waals surface area contributed by atoms with Crippen LogP contribution in [0.25, 0.3) is 10.2 Å². The van der Waals surface area contributed by atoms with Crippen molar-refractivity contribution in [2.45, 2.75) is 41.5 Å². The molecule has 1 aliphatic rings. The smallest absolute Gasteiger partial charge is 0.281 e. The number of carbonyl (C=O) groups excluding carboxylic acids is 2. The van der Waals surface area contributed by atoms with Crippen LogP contribution in [0.2, 0.25) is 0 Å². The molecule has 0 saturated heterocycles. The standard InChI is InChI=1S/C20H26N4O2S/c1-9(2)7-12-14(20(12,5)6)17(25)23-24-18(26)16-15(21)13-10(3)8-11(4)22-19(13)27-16/h7-8,12,14H,21H2,1-6H3,(H,23,25)(H,24,26). The van der Waals surface area contributed by atoms with Gasteiger partial charge in [-0.25, -0.2) is 4.98 Å². The number of nitrogens with two attached hydrogens (primary N) is 1. The second-order valence-electron chi connectivity index (χ2n) is 8.12. The molecule has 0 aliphatic heterocycles. The van der Waals surface area contributed by atoms with Crippen molar-refractivity contribution in [1.82, 2.24) is 15.8 Å². The zero-order valence-electron chi connectivity index (χ0n) is 16.6.